The maximum absolute atomic E-state index is 12.5. The molecule has 1 aromatic heterocycles. The summed E-state index contributed by atoms with van der Waals surface area (Å²) < 4.78 is 42.2. The molecule has 0 aromatic carbocycles. The summed E-state index contributed by atoms with van der Waals surface area (Å²) in [5.74, 6) is -3.86. The molecule has 8 heteroatoms. The molecule has 1 rings (SSSR count). The van der Waals surface area contributed by atoms with E-state index in [9.17, 15) is 22.8 Å². The van der Waals surface area contributed by atoms with Crippen LogP contribution in [0.4, 0.5) is 13.2 Å². The molecular weight excluding hydrogens is 243 g/mol. The van der Waals surface area contributed by atoms with Gasteiger partial charge in [-0.1, -0.05) is 0 Å². The standard InChI is InChI=1S/C9H8F3NO4/c1-8(7(15)16,9(10,11)12)13-6(14)5-3-2-4-17-5/h2-4H,1H3,(H,13,14)(H,15,16). The van der Waals surface area contributed by atoms with Crippen LogP contribution in [0.1, 0.15) is 17.5 Å². The van der Waals surface area contributed by atoms with E-state index in [1.54, 1.807) is 0 Å². The molecule has 0 aliphatic heterocycles. The van der Waals surface area contributed by atoms with Crippen LogP contribution in [0, 0.1) is 0 Å². The summed E-state index contributed by atoms with van der Waals surface area (Å²) in [6.07, 6.45) is -4.04. The number of carboxylic acid groups (broad SMARTS) is 1. The molecule has 1 heterocycles. The Balaban J connectivity index is 2.97. The zero-order chi connectivity index (χ0) is 13.3. The molecule has 0 saturated heterocycles. The molecule has 0 aliphatic carbocycles. The van der Waals surface area contributed by atoms with Gasteiger partial charge in [-0.3, -0.25) is 4.79 Å². The predicted octanol–water partition coefficient (Wildman–Crippen LogP) is 1.42. The Morgan fingerprint density at radius 3 is 2.35 bits per heavy atom. The third-order valence-corrected chi connectivity index (χ3v) is 2.10. The normalized spacial score (nSPS) is 15.1. The molecule has 0 radical (unpaired) electrons. The number of rotatable bonds is 3. The second-order valence-corrected chi connectivity index (χ2v) is 3.36. The molecule has 1 aromatic rings. The first-order valence-electron chi connectivity index (χ1n) is 4.34. The first-order valence-corrected chi connectivity index (χ1v) is 4.34. The van der Waals surface area contributed by atoms with E-state index < -0.39 is 29.4 Å². The van der Waals surface area contributed by atoms with Gasteiger partial charge in [0.1, 0.15) is 0 Å². The van der Waals surface area contributed by atoms with Gasteiger partial charge >= 0.3 is 12.1 Å². The van der Waals surface area contributed by atoms with Gasteiger partial charge in [0.05, 0.1) is 6.26 Å². The number of carbonyl (C=O) groups is 2. The molecule has 1 unspecified atom stereocenters. The maximum Gasteiger partial charge on any atom is 0.422 e. The molecule has 17 heavy (non-hydrogen) atoms. The van der Waals surface area contributed by atoms with E-state index in [4.69, 9.17) is 5.11 Å². The van der Waals surface area contributed by atoms with Crippen LogP contribution < -0.4 is 5.32 Å². The molecule has 0 aliphatic rings. The fraction of sp³-hybridized carbons (Fsp3) is 0.333. The smallest absolute Gasteiger partial charge is 0.422 e. The second-order valence-electron chi connectivity index (χ2n) is 3.36. The summed E-state index contributed by atoms with van der Waals surface area (Å²) in [6, 6.07) is 2.41. The van der Waals surface area contributed by atoms with Crippen molar-refractivity contribution in [3.05, 3.63) is 24.2 Å². The Labute approximate surface area is 93.2 Å². The maximum atomic E-state index is 12.5. The summed E-state index contributed by atoms with van der Waals surface area (Å²) in [5.41, 5.74) is -3.36. The summed E-state index contributed by atoms with van der Waals surface area (Å²) >= 11 is 0. The molecule has 0 bridgehead atoms. The topological polar surface area (TPSA) is 79.5 Å². The molecule has 0 fully saturated rings. The van der Waals surface area contributed by atoms with Gasteiger partial charge < -0.3 is 14.8 Å². The van der Waals surface area contributed by atoms with E-state index in [1.807, 2.05) is 0 Å². The lowest BCUT2D eigenvalue weighted by molar-refractivity contribution is -0.203. The average molecular weight is 251 g/mol. The number of aliphatic carboxylic acids is 1. The van der Waals surface area contributed by atoms with Crippen LogP contribution >= 0.6 is 0 Å². The minimum Gasteiger partial charge on any atom is -0.479 e. The van der Waals surface area contributed by atoms with Crippen LogP contribution in [-0.4, -0.2) is 28.7 Å². The molecule has 0 spiro atoms. The molecule has 94 valence electrons. The van der Waals surface area contributed by atoms with E-state index in [-0.39, 0.29) is 0 Å². The van der Waals surface area contributed by atoms with Crippen LogP contribution in [-0.2, 0) is 4.79 Å². The van der Waals surface area contributed by atoms with Gasteiger partial charge in [-0.15, -0.1) is 0 Å². The van der Waals surface area contributed by atoms with Gasteiger partial charge in [-0.2, -0.15) is 13.2 Å². The summed E-state index contributed by atoms with van der Waals surface area (Å²) in [7, 11) is 0. The average Bonchev–Trinajstić information content (AvgIpc) is 2.67. The first kappa shape index (κ1) is 13.1. The highest BCUT2D eigenvalue weighted by molar-refractivity contribution is 5.96. The third-order valence-electron chi connectivity index (χ3n) is 2.10. The Kier molecular flexibility index (Phi) is 3.16. The van der Waals surface area contributed by atoms with Gasteiger partial charge in [-0.05, 0) is 19.1 Å². The van der Waals surface area contributed by atoms with Crippen LogP contribution in [0.15, 0.2) is 22.8 Å². The minimum absolute atomic E-state index is 0.357. The summed E-state index contributed by atoms with van der Waals surface area (Å²) in [5, 5.41) is 9.93. The van der Waals surface area contributed by atoms with E-state index in [0.717, 1.165) is 12.3 Å². The number of hydrogen-bond acceptors (Lipinski definition) is 3. The zero-order valence-electron chi connectivity index (χ0n) is 8.54. The van der Waals surface area contributed by atoms with Gasteiger partial charge in [-0.25, -0.2) is 4.79 Å². The van der Waals surface area contributed by atoms with Crippen LogP contribution in [0.2, 0.25) is 0 Å². The minimum atomic E-state index is -5.12. The Hall–Kier alpha value is -1.99. The van der Waals surface area contributed by atoms with Crippen molar-refractivity contribution in [2.24, 2.45) is 0 Å². The Morgan fingerprint density at radius 2 is 2.00 bits per heavy atom. The molecule has 1 atom stereocenters. The van der Waals surface area contributed by atoms with Crippen molar-refractivity contribution in [1.82, 2.24) is 5.32 Å². The van der Waals surface area contributed by atoms with Gasteiger partial charge in [0.2, 0.25) is 5.54 Å². The highest BCUT2D eigenvalue weighted by atomic mass is 19.4. The Morgan fingerprint density at radius 1 is 1.41 bits per heavy atom. The fourth-order valence-electron chi connectivity index (χ4n) is 0.942. The van der Waals surface area contributed by atoms with Crippen molar-refractivity contribution < 1.29 is 32.3 Å². The van der Waals surface area contributed by atoms with Crippen molar-refractivity contribution in [2.45, 2.75) is 18.6 Å². The highest BCUT2D eigenvalue weighted by Gasteiger charge is 2.58. The van der Waals surface area contributed by atoms with Gasteiger partial charge in [0, 0.05) is 0 Å². The number of carbonyl (C=O) groups excluding carboxylic acids is 1. The van der Waals surface area contributed by atoms with Crippen LogP contribution in [0.25, 0.3) is 0 Å². The molecule has 2 N–H and O–H groups in total. The summed E-state index contributed by atoms with van der Waals surface area (Å²) in [4.78, 5) is 21.9. The molecule has 5 nitrogen and oxygen atoms in total. The second kappa shape index (κ2) is 4.11. The molecule has 0 saturated carbocycles. The first-order chi connectivity index (χ1) is 7.68. The van der Waals surface area contributed by atoms with E-state index in [0.29, 0.717) is 6.92 Å². The number of nitrogens with one attached hydrogen (secondary N) is 1. The van der Waals surface area contributed by atoms with Crippen LogP contribution in [0.5, 0.6) is 0 Å². The van der Waals surface area contributed by atoms with Crippen molar-refractivity contribution in [3.8, 4) is 0 Å². The lowest BCUT2D eigenvalue weighted by Crippen LogP contribution is -2.61. The lowest BCUT2D eigenvalue weighted by Gasteiger charge is -2.27. The molecule has 1 amide bonds. The number of hydrogen-bond donors (Lipinski definition) is 2. The van der Waals surface area contributed by atoms with E-state index in [2.05, 4.69) is 4.42 Å². The SMILES string of the molecule is CC(NC(=O)c1ccco1)(C(=O)O)C(F)(F)F. The number of carboxylic acids is 1. The lowest BCUT2D eigenvalue weighted by atomic mass is 10.0. The van der Waals surface area contributed by atoms with Crippen molar-refractivity contribution >= 4 is 11.9 Å². The predicted molar refractivity (Wildman–Crippen MR) is 48.3 cm³/mol. The number of alkyl halides is 3. The van der Waals surface area contributed by atoms with Crippen molar-refractivity contribution in [2.75, 3.05) is 0 Å². The van der Waals surface area contributed by atoms with Gasteiger partial charge in [0.25, 0.3) is 5.91 Å². The van der Waals surface area contributed by atoms with Gasteiger partial charge in [0.15, 0.2) is 5.76 Å². The monoisotopic (exact) mass is 251 g/mol. The largest absolute Gasteiger partial charge is 0.479 e. The summed E-state index contributed by atoms with van der Waals surface area (Å²) in [6.45, 7) is 0.357. The number of furan rings is 1. The van der Waals surface area contributed by atoms with E-state index in [1.165, 1.54) is 11.4 Å². The molecular formula is C9H8F3NO4. The third kappa shape index (κ3) is 2.40. The highest BCUT2D eigenvalue weighted by Crippen LogP contribution is 2.30. The van der Waals surface area contributed by atoms with Crippen LogP contribution in [0.3, 0.4) is 0 Å². The number of amides is 1. The fourth-order valence-corrected chi connectivity index (χ4v) is 0.942. The van der Waals surface area contributed by atoms with Crippen molar-refractivity contribution in [1.29, 1.82) is 0 Å². The zero-order valence-corrected chi connectivity index (χ0v) is 8.54. The quantitative estimate of drug-likeness (QED) is 0.851. The number of halogens is 3. The van der Waals surface area contributed by atoms with Crippen molar-refractivity contribution in [3.63, 3.8) is 0 Å². The van der Waals surface area contributed by atoms with E-state index >= 15 is 0 Å². The Bertz CT molecular complexity index is 426.